The largest absolute Gasteiger partial charge is 0.369 e. The van der Waals surface area contributed by atoms with E-state index in [0.717, 1.165) is 5.56 Å². The van der Waals surface area contributed by atoms with Crippen molar-refractivity contribution in [1.29, 1.82) is 0 Å². The molecule has 0 aliphatic rings. The number of nitrogens with zero attached hydrogens (tertiary/aromatic N) is 4. The Morgan fingerprint density at radius 3 is 2.37 bits per heavy atom. The number of amidine groups is 1. The smallest absolute Gasteiger partial charge is 0.210 e. The summed E-state index contributed by atoms with van der Waals surface area (Å²) in [6.45, 7) is 1.82. The fourth-order valence-electron chi connectivity index (χ4n) is 1.15. The first-order chi connectivity index (χ1) is 9.02. The van der Waals surface area contributed by atoms with Crippen LogP contribution >= 0.6 is 11.8 Å². The molecule has 0 aliphatic heterocycles. The van der Waals surface area contributed by atoms with Gasteiger partial charge in [-0.2, -0.15) is 5.10 Å². The van der Waals surface area contributed by atoms with E-state index in [4.69, 9.17) is 0 Å². The van der Waals surface area contributed by atoms with Crippen LogP contribution in [-0.4, -0.2) is 42.5 Å². The number of aliphatic imine (C=N–C) groups is 1. The van der Waals surface area contributed by atoms with E-state index >= 15 is 0 Å². The van der Waals surface area contributed by atoms with Gasteiger partial charge in [-0.15, -0.1) is 5.10 Å². The molecule has 0 aromatic heterocycles. The van der Waals surface area contributed by atoms with Crippen LogP contribution in [0.15, 0.2) is 39.5 Å². The molecular weight excluding hydrogens is 263 g/mol. The van der Waals surface area contributed by atoms with Crippen LogP contribution < -0.4 is 0 Å². The molecule has 0 fully saturated rings. The molecular formula is C13H17FN4S. The molecule has 0 aliphatic carbocycles. The molecule has 19 heavy (non-hydrogen) atoms. The number of benzene rings is 1. The van der Waals surface area contributed by atoms with Crippen LogP contribution in [0.3, 0.4) is 0 Å². The summed E-state index contributed by atoms with van der Waals surface area (Å²) in [5.74, 6) is -0.263. The highest BCUT2D eigenvalue weighted by Gasteiger charge is 1.98. The summed E-state index contributed by atoms with van der Waals surface area (Å²) >= 11 is 1.41. The maximum atomic E-state index is 12.8. The lowest BCUT2D eigenvalue weighted by atomic mass is 10.1. The predicted octanol–water partition coefficient (Wildman–Crippen LogP) is 2.86. The van der Waals surface area contributed by atoms with Crippen molar-refractivity contribution in [3.63, 3.8) is 0 Å². The molecule has 0 atom stereocenters. The van der Waals surface area contributed by atoms with Crippen molar-refractivity contribution in [1.82, 2.24) is 4.90 Å². The average molecular weight is 280 g/mol. The third kappa shape index (κ3) is 5.65. The van der Waals surface area contributed by atoms with Crippen molar-refractivity contribution >= 4 is 29.0 Å². The van der Waals surface area contributed by atoms with E-state index in [2.05, 4.69) is 15.2 Å². The van der Waals surface area contributed by atoms with Gasteiger partial charge in [-0.1, -0.05) is 23.9 Å². The van der Waals surface area contributed by atoms with Crippen LogP contribution in [0.1, 0.15) is 12.5 Å². The summed E-state index contributed by atoms with van der Waals surface area (Å²) in [6, 6.07) is 6.15. The minimum absolute atomic E-state index is 0.263. The molecule has 0 amide bonds. The lowest BCUT2D eigenvalue weighted by molar-refractivity contribution is 0.628. The first-order valence-electron chi connectivity index (χ1n) is 5.65. The van der Waals surface area contributed by atoms with Gasteiger partial charge in [-0.25, -0.2) is 9.38 Å². The molecule has 1 aromatic rings. The molecule has 1 aromatic carbocycles. The van der Waals surface area contributed by atoms with Gasteiger partial charge < -0.3 is 4.90 Å². The number of hydrogen-bond acceptors (Lipinski definition) is 3. The van der Waals surface area contributed by atoms with Crippen molar-refractivity contribution in [2.24, 2.45) is 15.2 Å². The van der Waals surface area contributed by atoms with Crippen LogP contribution in [-0.2, 0) is 0 Å². The fourth-order valence-corrected chi connectivity index (χ4v) is 1.43. The van der Waals surface area contributed by atoms with E-state index in [1.807, 2.05) is 32.2 Å². The molecule has 0 radical (unpaired) electrons. The summed E-state index contributed by atoms with van der Waals surface area (Å²) in [5, 5.41) is 8.73. The number of halogens is 1. The second-order valence-corrected chi connectivity index (χ2v) is 4.76. The number of rotatable bonds is 3. The van der Waals surface area contributed by atoms with Crippen molar-refractivity contribution in [3.8, 4) is 0 Å². The fraction of sp³-hybridized carbons (Fsp3) is 0.308. The molecule has 1 rings (SSSR count). The summed E-state index contributed by atoms with van der Waals surface area (Å²) in [7, 11) is 3.77. The zero-order chi connectivity index (χ0) is 14.3. The van der Waals surface area contributed by atoms with Gasteiger partial charge in [0.25, 0.3) is 0 Å². The Morgan fingerprint density at radius 1 is 1.21 bits per heavy atom. The van der Waals surface area contributed by atoms with E-state index < -0.39 is 0 Å². The highest BCUT2D eigenvalue weighted by atomic mass is 32.2. The van der Waals surface area contributed by atoms with Crippen molar-refractivity contribution in [3.05, 3.63) is 35.6 Å². The highest BCUT2D eigenvalue weighted by molar-refractivity contribution is 8.13. The molecule has 0 saturated carbocycles. The SMILES string of the molecule is CS/C(N=CN(C)C)=N\N=C(\C)c1ccc(F)cc1. The van der Waals surface area contributed by atoms with E-state index in [9.17, 15) is 4.39 Å². The lowest BCUT2D eigenvalue weighted by Crippen LogP contribution is -2.08. The van der Waals surface area contributed by atoms with Gasteiger partial charge in [0, 0.05) is 14.1 Å². The number of hydrogen-bond donors (Lipinski definition) is 0. The van der Waals surface area contributed by atoms with E-state index in [1.54, 1.807) is 18.5 Å². The van der Waals surface area contributed by atoms with Crippen molar-refractivity contribution < 1.29 is 4.39 Å². The van der Waals surface area contributed by atoms with Crippen LogP contribution in [0.25, 0.3) is 0 Å². The lowest BCUT2D eigenvalue weighted by Gasteiger charge is -2.02. The van der Waals surface area contributed by atoms with Crippen LogP contribution in [0, 0.1) is 5.82 Å². The van der Waals surface area contributed by atoms with Gasteiger partial charge in [-0.05, 0) is 30.9 Å². The Kier molecular flexibility index (Phi) is 6.21. The maximum Gasteiger partial charge on any atom is 0.210 e. The van der Waals surface area contributed by atoms with Gasteiger partial charge in [-0.3, -0.25) is 0 Å². The predicted molar refractivity (Wildman–Crippen MR) is 81.7 cm³/mol. The Morgan fingerprint density at radius 2 is 1.84 bits per heavy atom. The maximum absolute atomic E-state index is 12.8. The minimum atomic E-state index is -0.263. The molecule has 0 spiro atoms. The highest BCUT2D eigenvalue weighted by Crippen LogP contribution is 2.06. The summed E-state index contributed by atoms with van der Waals surface area (Å²) in [4.78, 5) is 5.99. The van der Waals surface area contributed by atoms with Gasteiger partial charge in [0.15, 0.2) is 0 Å². The molecule has 0 unspecified atom stereocenters. The third-order valence-electron chi connectivity index (χ3n) is 2.13. The first-order valence-corrected chi connectivity index (χ1v) is 6.88. The zero-order valence-electron chi connectivity index (χ0n) is 11.5. The summed E-state index contributed by atoms with van der Waals surface area (Å²) in [6.07, 6.45) is 3.55. The first kappa shape index (κ1) is 15.4. The van der Waals surface area contributed by atoms with Crippen LogP contribution in [0.2, 0.25) is 0 Å². The van der Waals surface area contributed by atoms with E-state index in [0.29, 0.717) is 10.9 Å². The van der Waals surface area contributed by atoms with Gasteiger partial charge >= 0.3 is 0 Å². The molecule has 0 heterocycles. The van der Waals surface area contributed by atoms with Crippen LogP contribution in [0.5, 0.6) is 0 Å². The molecule has 0 saturated heterocycles. The van der Waals surface area contributed by atoms with Gasteiger partial charge in [0.1, 0.15) is 5.82 Å². The Hall–Kier alpha value is -1.69. The Balaban J connectivity index is 2.85. The zero-order valence-corrected chi connectivity index (χ0v) is 12.3. The van der Waals surface area contributed by atoms with Crippen LogP contribution in [0.4, 0.5) is 4.39 Å². The third-order valence-corrected chi connectivity index (χ3v) is 2.68. The quantitative estimate of drug-likeness (QED) is 0.485. The topological polar surface area (TPSA) is 40.3 Å². The minimum Gasteiger partial charge on any atom is -0.369 e. The second-order valence-electron chi connectivity index (χ2n) is 3.99. The van der Waals surface area contributed by atoms with Gasteiger partial charge in [0.05, 0.1) is 12.1 Å². The normalized spacial score (nSPS) is 13.1. The second kappa shape index (κ2) is 7.68. The standard InChI is InChI=1S/C13H17FN4S/c1-10(11-5-7-12(14)8-6-11)16-17-13(19-4)15-9-18(2)3/h5-9H,1-4H3/b15-9?,16-10-,17-13-. The molecule has 6 heteroatoms. The summed E-state index contributed by atoms with van der Waals surface area (Å²) < 4.78 is 12.8. The van der Waals surface area contributed by atoms with Gasteiger partial charge in [0.2, 0.25) is 5.17 Å². The molecule has 0 N–H and O–H groups in total. The van der Waals surface area contributed by atoms with E-state index in [1.165, 1.54) is 23.9 Å². The summed E-state index contributed by atoms with van der Waals surface area (Å²) in [5.41, 5.74) is 1.55. The molecule has 0 bridgehead atoms. The molecule has 4 nitrogen and oxygen atoms in total. The number of thioether (sulfide) groups is 1. The average Bonchev–Trinajstić information content (AvgIpc) is 2.39. The van der Waals surface area contributed by atoms with Crippen molar-refractivity contribution in [2.75, 3.05) is 20.4 Å². The monoisotopic (exact) mass is 280 g/mol. The van der Waals surface area contributed by atoms with E-state index in [-0.39, 0.29) is 5.82 Å². The van der Waals surface area contributed by atoms with Crippen molar-refractivity contribution in [2.45, 2.75) is 6.92 Å². The Labute approximate surface area is 117 Å². The molecule has 102 valence electrons. The Bertz CT molecular complexity index is 492.